The van der Waals surface area contributed by atoms with Gasteiger partial charge in [0.15, 0.2) is 0 Å². The Hall–Kier alpha value is -7.42. The summed E-state index contributed by atoms with van der Waals surface area (Å²) in [6.45, 7) is 0. The zero-order chi connectivity index (χ0) is 37.8. The molecule has 0 saturated carbocycles. The average molecular weight is 728 g/mol. The van der Waals surface area contributed by atoms with Crippen molar-refractivity contribution in [2.75, 3.05) is 4.90 Å². The highest BCUT2D eigenvalue weighted by Gasteiger charge is 2.46. The monoisotopic (exact) mass is 727 g/mol. The second-order valence-electron chi connectivity index (χ2n) is 14.9. The molecule has 2 nitrogen and oxygen atoms in total. The molecular weight excluding hydrogens is 691 g/mol. The Labute approximate surface area is 332 Å². The van der Waals surface area contributed by atoms with Crippen LogP contribution in [0.15, 0.2) is 229 Å². The fourth-order valence-electron chi connectivity index (χ4n) is 9.16. The van der Waals surface area contributed by atoms with Crippen LogP contribution in [-0.4, -0.2) is 0 Å². The van der Waals surface area contributed by atoms with E-state index < -0.39 is 5.41 Å². The lowest BCUT2D eigenvalue weighted by atomic mass is 9.67. The molecule has 10 aromatic rings. The van der Waals surface area contributed by atoms with E-state index in [1.807, 2.05) is 12.1 Å². The maximum atomic E-state index is 6.08. The predicted octanol–water partition coefficient (Wildman–Crippen LogP) is 14.8. The minimum Gasteiger partial charge on any atom is -0.456 e. The van der Waals surface area contributed by atoms with Crippen molar-refractivity contribution in [3.05, 3.63) is 247 Å². The largest absolute Gasteiger partial charge is 0.456 e. The zero-order valence-corrected chi connectivity index (χ0v) is 31.2. The van der Waals surface area contributed by atoms with Crippen molar-refractivity contribution >= 4 is 39.0 Å². The molecule has 9 aromatic carbocycles. The van der Waals surface area contributed by atoms with Crippen LogP contribution in [0.25, 0.3) is 55.3 Å². The number of furan rings is 1. The van der Waals surface area contributed by atoms with E-state index in [9.17, 15) is 0 Å². The van der Waals surface area contributed by atoms with Crippen molar-refractivity contribution in [2.24, 2.45) is 0 Å². The fourth-order valence-corrected chi connectivity index (χ4v) is 9.16. The van der Waals surface area contributed by atoms with Crippen LogP contribution >= 0.6 is 0 Å². The second-order valence-corrected chi connectivity index (χ2v) is 14.9. The quantitative estimate of drug-likeness (QED) is 0.163. The number of benzene rings is 9. The number of para-hydroxylation sites is 2. The van der Waals surface area contributed by atoms with Gasteiger partial charge >= 0.3 is 0 Å². The van der Waals surface area contributed by atoms with Crippen molar-refractivity contribution in [3.63, 3.8) is 0 Å². The summed E-state index contributed by atoms with van der Waals surface area (Å²) >= 11 is 0. The van der Waals surface area contributed by atoms with Gasteiger partial charge in [-0.3, -0.25) is 0 Å². The lowest BCUT2D eigenvalue weighted by Crippen LogP contribution is -2.28. The number of hydrogen-bond acceptors (Lipinski definition) is 2. The van der Waals surface area contributed by atoms with Crippen LogP contribution in [0.5, 0.6) is 0 Å². The van der Waals surface area contributed by atoms with Crippen LogP contribution in [-0.2, 0) is 5.41 Å². The van der Waals surface area contributed by atoms with Gasteiger partial charge in [0.05, 0.1) is 5.41 Å². The summed E-state index contributed by atoms with van der Waals surface area (Å²) in [4.78, 5) is 2.38. The summed E-state index contributed by atoms with van der Waals surface area (Å²) in [5.74, 6) is 0. The predicted molar refractivity (Wildman–Crippen MR) is 237 cm³/mol. The first-order valence-corrected chi connectivity index (χ1v) is 19.6. The molecule has 2 heteroatoms. The number of hydrogen-bond donors (Lipinski definition) is 0. The van der Waals surface area contributed by atoms with E-state index >= 15 is 0 Å². The third-order valence-corrected chi connectivity index (χ3v) is 11.8. The Morgan fingerprint density at radius 2 is 0.807 bits per heavy atom. The standard InChI is InChI=1S/C55H37NO/c1-4-14-42(15-5-1)55(43-16-6-2-7-17-43)51-22-12-10-20-47(51)48-34-33-46(37-52(48)55)56(44-18-8-3-9-19-44)45-31-28-39(29-32-45)38-24-26-40(27-25-38)41-30-35-54-50(36-41)49-21-11-13-23-53(49)57-54/h1-37H. The van der Waals surface area contributed by atoms with Crippen LogP contribution < -0.4 is 4.90 Å². The minimum atomic E-state index is -0.471. The van der Waals surface area contributed by atoms with Crippen LogP contribution in [0, 0.1) is 0 Å². The van der Waals surface area contributed by atoms with Gasteiger partial charge in [-0.15, -0.1) is 0 Å². The van der Waals surface area contributed by atoms with E-state index in [0.29, 0.717) is 0 Å². The Balaban J connectivity index is 0.989. The van der Waals surface area contributed by atoms with Gasteiger partial charge in [0.2, 0.25) is 0 Å². The molecule has 0 fully saturated rings. The fraction of sp³-hybridized carbons (Fsp3) is 0.0182. The summed E-state index contributed by atoms with van der Waals surface area (Å²) in [5.41, 5.74) is 17.1. The minimum absolute atomic E-state index is 0.471. The summed E-state index contributed by atoms with van der Waals surface area (Å²) < 4.78 is 6.08. The number of rotatable bonds is 7. The molecule has 0 N–H and O–H groups in total. The average Bonchev–Trinajstić information content (AvgIpc) is 3.81. The lowest BCUT2D eigenvalue weighted by Gasteiger charge is -2.35. The Morgan fingerprint density at radius 1 is 0.316 bits per heavy atom. The van der Waals surface area contributed by atoms with Crippen LogP contribution in [0.2, 0.25) is 0 Å². The molecule has 0 saturated heterocycles. The third-order valence-electron chi connectivity index (χ3n) is 11.8. The summed E-state index contributed by atoms with van der Waals surface area (Å²) in [6.07, 6.45) is 0. The maximum Gasteiger partial charge on any atom is 0.135 e. The molecule has 1 heterocycles. The Kier molecular flexibility index (Phi) is 7.75. The van der Waals surface area contributed by atoms with Gasteiger partial charge in [0, 0.05) is 27.8 Å². The topological polar surface area (TPSA) is 16.4 Å². The first-order chi connectivity index (χ1) is 28.3. The third kappa shape index (κ3) is 5.33. The number of anilines is 3. The smallest absolute Gasteiger partial charge is 0.135 e. The van der Waals surface area contributed by atoms with Crippen molar-refractivity contribution in [1.82, 2.24) is 0 Å². The highest BCUT2D eigenvalue weighted by Crippen LogP contribution is 2.57. The number of fused-ring (bicyclic) bond motifs is 6. The molecule has 0 atom stereocenters. The molecule has 1 aliphatic rings. The van der Waals surface area contributed by atoms with Crippen molar-refractivity contribution in [3.8, 4) is 33.4 Å². The molecule has 0 amide bonds. The van der Waals surface area contributed by atoms with Gasteiger partial charge in [-0.05, 0) is 110 Å². The maximum absolute atomic E-state index is 6.08. The van der Waals surface area contributed by atoms with Crippen LogP contribution in [0.4, 0.5) is 17.1 Å². The summed E-state index contributed by atoms with van der Waals surface area (Å²) in [6, 6.07) is 81.3. The normalized spacial score (nSPS) is 12.7. The summed E-state index contributed by atoms with van der Waals surface area (Å²) in [5, 5.41) is 2.29. The van der Waals surface area contributed by atoms with Gasteiger partial charge in [-0.2, -0.15) is 0 Å². The van der Waals surface area contributed by atoms with Gasteiger partial charge in [0.25, 0.3) is 0 Å². The molecule has 11 rings (SSSR count). The van der Waals surface area contributed by atoms with Gasteiger partial charge in [-0.25, -0.2) is 0 Å². The highest BCUT2D eigenvalue weighted by molar-refractivity contribution is 6.06. The SMILES string of the molecule is c1ccc(N(c2ccc(-c3ccc(-c4ccc5oc6ccccc6c5c4)cc3)cc2)c2ccc3c(c2)C(c2ccccc2)(c2ccccc2)c2ccccc2-3)cc1. The van der Waals surface area contributed by atoms with Gasteiger partial charge in [0.1, 0.15) is 11.2 Å². The molecular formula is C55H37NO. The van der Waals surface area contributed by atoms with Crippen molar-refractivity contribution < 1.29 is 4.42 Å². The number of nitrogens with zero attached hydrogens (tertiary/aromatic N) is 1. The van der Waals surface area contributed by atoms with E-state index in [2.05, 4.69) is 217 Å². The van der Waals surface area contributed by atoms with Gasteiger partial charge in [-0.1, -0.05) is 170 Å². The van der Waals surface area contributed by atoms with E-state index in [0.717, 1.165) is 39.0 Å². The first-order valence-electron chi connectivity index (χ1n) is 19.6. The molecule has 0 unspecified atom stereocenters. The summed E-state index contributed by atoms with van der Waals surface area (Å²) in [7, 11) is 0. The van der Waals surface area contributed by atoms with Crippen LogP contribution in [0.3, 0.4) is 0 Å². The molecule has 0 radical (unpaired) electrons. The van der Waals surface area contributed by atoms with E-state index in [1.54, 1.807) is 0 Å². The molecule has 1 aliphatic carbocycles. The molecule has 57 heavy (non-hydrogen) atoms. The Bertz CT molecular complexity index is 3000. The van der Waals surface area contributed by atoms with E-state index in [4.69, 9.17) is 4.42 Å². The highest BCUT2D eigenvalue weighted by atomic mass is 16.3. The molecule has 1 aromatic heterocycles. The van der Waals surface area contributed by atoms with Crippen molar-refractivity contribution in [2.45, 2.75) is 5.41 Å². The van der Waals surface area contributed by atoms with Crippen LogP contribution in [0.1, 0.15) is 22.3 Å². The Morgan fingerprint density at radius 3 is 1.51 bits per heavy atom. The molecule has 0 aliphatic heterocycles. The lowest BCUT2D eigenvalue weighted by molar-refractivity contribution is 0.669. The van der Waals surface area contributed by atoms with Crippen molar-refractivity contribution in [1.29, 1.82) is 0 Å². The first kappa shape index (κ1) is 33.0. The molecule has 268 valence electrons. The van der Waals surface area contributed by atoms with E-state index in [1.165, 1.54) is 55.6 Å². The molecule has 0 bridgehead atoms. The molecule has 0 spiro atoms. The second kappa shape index (κ2) is 13.4. The van der Waals surface area contributed by atoms with E-state index in [-0.39, 0.29) is 0 Å². The zero-order valence-electron chi connectivity index (χ0n) is 31.2. The van der Waals surface area contributed by atoms with Gasteiger partial charge < -0.3 is 9.32 Å².